The average molecular weight is 499 g/mol. The van der Waals surface area contributed by atoms with Gasteiger partial charge in [-0.2, -0.15) is 0 Å². The second-order valence-corrected chi connectivity index (χ2v) is 8.88. The Hall–Kier alpha value is -3.37. The summed E-state index contributed by atoms with van der Waals surface area (Å²) in [6, 6.07) is 26.2. The van der Waals surface area contributed by atoms with Crippen LogP contribution in [0.3, 0.4) is 0 Å². The van der Waals surface area contributed by atoms with Crippen LogP contribution in [0.1, 0.15) is 34.0 Å². The van der Waals surface area contributed by atoms with E-state index in [-0.39, 0.29) is 5.78 Å². The molecular formula is C29H23BrO3. The zero-order valence-corrected chi connectivity index (χ0v) is 19.9. The zero-order chi connectivity index (χ0) is 22.8. The lowest BCUT2D eigenvalue weighted by molar-refractivity contribution is 0.104. The highest BCUT2D eigenvalue weighted by Gasteiger charge is 2.24. The third-order valence-electron chi connectivity index (χ3n) is 5.86. The highest BCUT2D eigenvalue weighted by Crippen LogP contribution is 2.39. The zero-order valence-electron chi connectivity index (χ0n) is 18.3. The fourth-order valence-corrected chi connectivity index (χ4v) is 4.89. The van der Waals surface area contributed by atoms with Crippen LogP contribution in [0.5, 0.6) is 11.5 Å². The van der Waals surface area contributed by atoms with E-state index in [2.05, 4.69) is 40.2 Å². The van der Waals surface area contributed by atoms with Crippen molar-refractivity contribution in [1.29, 1.82) is 0 Å². The van der Waals surface area contributed by atoms with Gasteiger partial charge in [-0.15, -0.1) is 0 Å². The van der Waals surface area contributed by atoms with E-state index in [0.717, 1.165) is 32.3 Å². The summed E-state index contributed by atoms with van der Waals surface area (Å²) in [6.07, 6.45) is 2.60. The van der Waals surface area contributed by atoms with Gasteiger partial charge in [-0.3, -0.25) is 4.79 Å². The first-order valence-corrected chi connectivity index (χ1v) is 11.8. The molecule has 0 atom stereocenters. The van der Waals surface area contributed by atoms with Crippen molar-refractivity contribution in [3.8, 4) is 11.5 Å². The smallest absolute Gasteiger partial charge is 0.189 e. The summed E-state index contributed by atoms with van der Waals surface area (Å²) < 4.78 is 13.0. The van der Waals surface area contributed by atoms with Crippen LogP contribution in [0, 0.1) is 0 Å². The number of fused-ring (bicyclic) bond motifs is 2. The minimum atomic E-state index is 0.0935. The molecular weight excluding hydrogens is 476 g/mol. The van der Waals surface area contributed by atoms with Gasteiger partial charge in [0.25, 0.3) is 0 Å². The number of carbonyl (C=O) groups excluding carboxylic acids is 1. The van der Waals surface area contributed by atoms with E-state index < -0.39 is 0 Å². The number of ether oxygens (including phenoxy) is 2. The molecule has 4 aromatic rings. The molecule has 0 bridgehead atoms. The van der Waals surface area contributed by atoms with Crippen molar-refractivity contribution in [3.05, 3.63) is 111 Å². The molecule has 0 unspecified atom stereocenters. The maximum absolute atomic E-state index is 12.8. The van der Waals surface area contributed by atoms with Gasteiger partial charge in [-0.25, -0.2) is 0 Å². The van der Waals surface area contributed by atoms with Gasteiger partial charge in [-0.1, -0.05) is 66.7 Å². The number of benzene rings is 4. The van der Waals surface area contributed by atoms with Crippen LogP contribution in [0.4, 0.5) is 0 Å². The molecule has 0 radical (unpaired) electrons. The molecule has 164 valence electrons. The van der Waals surface area contributed by atoms with Gasteiger partial charge in [0.05, 0.1) is 11.1 Å². The number of hydrogen-bond donors (Lipinski definition) is 0. The van der Waals surface area contributed by atoms with Crippen molar-refractivity contribution in [2.75, 3.05) is 6.61 Å². The number of allylic oxidation sites excluding steroid dienone is 1. The number of ketones is 1. The SMILES string of the molecule is CCOc1cc(/C=C2\Cc3ccccc3C2=O)cc(Br)c1OCc1cccc2ccccc12. The highest BCUT2D eigenvalue weighted by atomic mass is 79.9. The highest BCUT2D eigenvalue weighted by molar-refractivity contribution is 9.10. The van der Waals surface area contributed by atoms with E-state index in [1.54, 1.807) is 0 Å². The Bertz CT molecular complexity index is 1380. The van der Waals surface area contributed by atoms with Crippen LogP contribution in [0.2, 0.25) is 0 Å². The lowest BCUT2D eigenvalue weighted by Gasteiger charge is -2.16. The van der Waals surface area contributed by atoms with Gasteiger partial charge in [0, 0.05) is 17.6 Å². The molecule has 0 fully saturated rings. The van der Waals surface area contributed by atoms with Crippen LogP contribution in [0.25, 0.3) is 16.8 Å². The van der Waals surface area contributed by atoms with Gasteiger partial charge >= 0.3 is 0 Å². The minimum absolute atomic E-state index is 0.0935. The molecule has 0 amide bonds. The first-order chi connectivity index (χ1) is 16.1. The van der Waals surface area contributed by atoms with E-state index >= 15 is 0 Å². The number of hydrogen-bond acceptors (Lipinski definition) is 3. The Morgan fingerprint density at radius 1 is 0.939 bits per heavy atom. The van der Waals surface area contributed by atoms with Gasteiger partial charge in [-0.05, 0) is 68.5 Å². The number of carbonyl (C=O) groups is 1. The summed E-state index contributed by atoms with van der Waals surface area (Å²) in [5, 5.41) is 2.36. The molecule has 1 aliphatic rings. The van der Waals surface area contributed by atoms with E-state index in [1.807, 2.05) is 67.6 Å². The van der Waals surface area contributed by atoms with Gasteiger partial charge in [0.15, 0.2) is 17.3 Å². The molecule has 0 aliphatic heterocycles. The number of rotatable bonds is 6. The van der Waals surface area contributed by atoms with E-state index in [4.69, 9.17) is 9.47 Å². The van der Waals surface area contributed by atoms with E-state index in [9.17, 15) is 4.79 Å². The second kappa shape index (κ2) is 9.24. The van der Waals surface area contributed by atoms with E-state index in [0.29, 0.717) is 31.1 Å². The van der Waals surface area contributed by atoms with Gasteiger partial charge in [0.1, 0.15) is 6.61 Å². The van der Waals surface area contributed by atoms with Gasteiger partial charge < -0.3 is 9.47 Å². The Kier molecular flexibility index (Phi) is 6.01. The predicted octanol–water partition coefficient (Wildman–Crippen LogP) is 7.40. The molecule has 4 aromatic carbocycles. The molecule has 0 saturated carbocycles. The summed E-state index contributed by atoms with van der Waals surface area (Å²) in [4.78, 5) is 12.8. The largest absolute Gasteiger partial charge is 0.490 e. The molecule has 33 heavy (non-hydrogen) atoms. The average Bonchev–Trinajstić information content (AvgIpc) is 3.14. The summed E-state index contributed by atoms with van der Waals surface area (Å²) in [5.41, 5.74) is 4.67. The molecule has 5 rings (SSSR count). The van der Waals surface area contributed by atoms with Gasteiger partial charge in [0.2, 0.25) is 0 Å². The molecule has 1 aliphatic carbocycles. The quantitative estimate of drug-likeness (QED) is 0.259. The molecule has 0 heterocycles. The van der Waals surface area contributed by atoms with Crippen LogP contribution < -0.4 is 9.47 Å². The Morgan fingerprint density at radius 3 is 2.58 bits per heavy atom. The molecule has 0 saturated heterocycles. The Morgan fingerprint density at radius 2 is 1.73 bits per heavy atom. The molecule has 0 aromatic heterocycles. The molecule has 3 nitrogen and oxygen atoms in total. The fraction of sp³-hybridized carbons (Fsp3) is 0.138. The van der Waals surface area contributed by atoms with Crippen LogP contribution in [-0.2, 0) is 13.0 Å². The lowest BCUT2D eigenvalue weighted by Crippen LogP contribution is -2.02. The maximum atomic E-state index is 12.8. The summed E-state index contributed by atoms with van der Waals surface area (Å²) >= 11 is 3.66. The van der Waals surface area contributed by atoms with Crippen molar-refractivity contribution in [2.45, 2.75) is 20.0 Å². The first-order valence-electron chi connectivity index (χ1n) is 11.0. The lowest BCUT2D eigenvalue weighted by atomic mass is 10.1. The first kappa shape index (κ1) is 21.5. The van der Waals surface area contributed by atoms with Crippen LogP contribution in [-0.4, -0.2) is 12.4 Å². The van der Waals surface area contributed by atoms with Crippen LogP contribution >= 0.6 is 15.9 Å². The fourth-order valence-electron chi connectivity index (χ4n) is 4.31. The molecule has 0 N–H and O–H groups in total. The monoisotopic (exact) mass is 498 g/mol. The third-order valence-corrected chi connectivity index (χ3v) is 6.45. The molecule has 4 heteroatoms. The van der Waals surface area contributed by atoms with Crippen molar-refractivity contribution in [3.63, 3.8) is 0 Å². The maximum Gasteiger partial charge on any atom is 0.189 e. The van der Waals surface area contributed by atoms with Crippen molar-refractivity contribution >= 4 is 38.6 Å². The minimum Gasteiger partial charge on any atom is -0.490 e. The van der Waals surface area contributed by atoms with Crippen molar-refractivity contribution in [2.24, 2.45) is 0 Å². The normalized spacial score (nSPS) is 14.0. The summed E-state index contributed by atoms with van der Waals surface area (Å²) in [7, 11) is 0. The Balaban J connectivity index is 1.44. The Labute approximate surface area is 201 Å². The third kappa shape index (κ3) is 4.31. The standard InChI is InChI=1S/C29H23BrO3/c1-2-32-27-16-19(14-23-17-21-9-4-6-13-25(21)28(23)31)15-26(30)29(27)33-18-22-11-7-10-20-8-3-5-12-24(20)22/h3-16H,2,17-18H2,1H3/b23-14+. The predicted molar refractivity (Wildman–Crippen MR) is 136 cm³/mol. The van der Waals surface area contributed by atoms with Crippen molar-refractivity contribution < 1.29 is 14.3 Å². The van der Waals surface area contributed by atoms with E-state index in [1.165, 1.54) is 10.8 Å². The van der Waals surface area contributed by atoms with Crippen LogP contribution in [0.15, 0.2) is 88.9 Å². The topological polar surface area (TPSA) is 35.5 Å². The molecule has 0 spiro atoms. The number of halogens is 1. The summed E-state index contributed by atoms with van der Waals surface area (Å²) in [5.74, 6) is 1.41. The van der Waals surface area contributed by atoms with Crippen molar-refractivity contribution in [1.82, 2.24) is 0 Å². The second-order valence-electron chi connectivity index (χ2n) is 8.02. The summed E-state index contributed by atoms with van der Waals surface area (Å²) in [6.45, 7) is 2.89. The number of Topliss-reactive ketones (excluding diaryl/α,β-unsaturated/α-hetero) is 1.